The van der Waals surface area contributed by atoms with Crippen LogP contribution in [0.25, 0.3) is 0 Å². The van der Waals surface area contributed by atoms with Crippen LogP contribution >= 0.6 is 11.8 Å². The van der Waals surface area contributed by atoms with Crippen molar-refractivity contribution >= 4 is 23.5 Å². The van der Waals surface area contributed by atoms with Gasteiger partial charge >= 0.3 is 5.97 Å². The maximum Gasteiger partial charge on any atom is 0.319 e. The van der Waals surface area contributed by atoms with Crippen LogP contribution < -0.4 is 0 Å². The van der Waals surface area contributed by atoms with Crippen molar-refractivity contribution in [3.8, 4) is 0 Å². The summed E-state index contributed by atoms with van der Waals surface area (Å²) in [6, 6.07) is 15.5. The minimum absolute atomic E-state index is 0.0614. The maximum absolute atomic E-state index is 13.1. The Kier molecular flexibility index (Phi) is 4.53. The van der Waals surface area contributed by atoms with Crippen molar-refractivity contribution in [2.24, 2.45) is 0 Å². The van der Waals surface area contributed by atoms with Gasteiger partial charge in [0.05, 0.1) is 12.4 Å². The molecule has 118 valence electrons. The van der Waals surface area contributed by atoms with E-state index in [1.807, 2.05) is 55.5 Å². The lowest BCUT2D eigenvalue weighted by Crippen LogP contribution is -2.22. The Morgan fingerprint density at radius 2 is 1.91 bits per heavy atom. The van der Waals surface area contributed by atoms with Gasteiger partial charge in [-0.05, 0) is 30.5 Å². The van der Waals surface area contributed by atoms with Gasteiger partial charge in [0, 0.05) is 5.56 Å². The number of ether oxygens (including phenoxy) is 1. The fourth-order valence-corrected chi connectivity index (χ4v) is 4.22. The Hall–Kier alpha value is -2.07. The zero-order chi connectivity index (χ0) is 16.4. The van der Waals surface area contributed by atoms with Crippen molar-refractivity contribution in [1.29, 1.82) is 0 Å². The molecule has 3 rings (SSSR count). The number of carbonyl (C=O) groups is 2. The molecule has 1 aliphatic rings. The molecule has 0 saturated carbocycles. The summed E-state index contributed by atoms with van der Waals surface area (Å²) in [5, 5.41) is -0.763. The number of aryl methyl sites for hydroxylation is 1. The van der Waals surface area contributed by atoms with Crippen molar-refractivity contribution < 1.29 is 14.3 Å². The summed E-state index contributed by atoms with van der Waals surface area (Å²) in [6.07, 6.45) is 0.516. The molecule has 2 aromatic rings. The monoisotopic (exact) mass is 326 g/mol. The first-order valence-corrected chi connectivity index (χ1v) is 8.46. The van der Waals surface area contributed by atoms with Crippen molar-refractivity contribution in [2.75, 3.05) is 7.11 Å². The molecule has 0 aromatic heterocycles. The second-order valence-corrected chi connectivity index (χ2v) is 6.98. The summed E-state index contributed by atoms with van der Waals surface area (Å²) >= 11 is 1.38. The van der Waals surface area contributed by atoms with Crippen LogP contribution in [0.4, 0.5) is 0 Å². The van der Waals surface area contributed by atoms with Crippen molar-refractivity contribution in [3.63, 3.8) is 0 Å². The fourth-order valence-electron chi connectivity index (χ4n) is 2.84. The lowest BCUT2D eigenvalue weighted by atomic mass is 9.94. The molecular formula is C19H18O3S. The highest BCUT2D eigenvalue weighted by molar-refractivity contribution is 8.01. The first kappa shape index (κ1) is 15.8. The highest BCUT2D eigenvalue weighted by Gasteiger charge is 2.35. The average Bonchev–Trinajstić information content (AvgIpc) is 2.72. The highest BCUT2D eigenvalue weighted by Crippen LogP contribution is 2.40. The molecule has 0 saturated heterocycles. The largest absolute Gasteiger partial charge is 0.468 e. The predicted octanol–water partition coefficient (Wildman–Crippen LogP) is 3.75. The third-order valence-electron chi connectivity index (χ3n) is 4.04. The molecule has 0 fully saturated rings. The number of fused-ring (bicyclic) bond motifs is 1. The minimum atomic E-state index is -0.386. The molecule has 2 aromatic carbocycles. The number of hydrogen-bond donors (Lipinski definition) is 0. The van der Waals surface area contributed by atoms with Gasteiger partial charge in [-0.1, -0.05) is 48.0 Å². The van der Waals surface area contributed by atoms with E-state index in [-0.39, 0.29) is 22.3 Å². The van der Waals surface area contributed by atoms with Gasteiger partial charge in [0.1, 0.15) is 5.25 Å². The van der Waals surface area contributed by atoms with E-state index in [2.05, 4.69) is 0 Å². The first-order chi connectivity index (χ1) is 11.1. The van der Waals surface area contributed by atoms with Crippen molar-refractivity contribution in [3.05, 3.63) is 70.8 Å². The van der Waals surface area contributed by atoms with E-state index < -0.39 is 0 Å². The Bertz CT molecular complexity index is 740. The number of esters is 1. The second kappa shape index (κ2) is 6.59. The summed E-state index contributed by atoms with van der Waals surface area (Å²) < 4.78 is 4.93. The van der Waals surface area contributed by atoms with Crippen LogP contribution in [0, 0.1) is 6.92 Å². The smallest absolute Gasteiger partial charge is 0.319 e. The molecule has 3 nitrogen and oxygen atoms in total. The zero-order valence-corrected chi connectivity index (χ0v) is 13.9. The molecule has 0 unspecified atom stereocenters. The van der Waals surface area contributed by atoms with Gasteiger partial charge in [0.25, 0.3) is 0 Å². The lowest BCUT2D eigenvalue weighted by molar-refractivity contribution is -0.139. The zero-order valence-electron chi connectivity index (χ0n) is 13.1. The Labute approximate surface area is 140 Å². The standard InChI is InChI=1S/C19H18O3S/c1-12-8-9-14-11-16(19(21)22-2)23-18(17(20)15(14)10-12)13-6-4-3-5-7-13/h3-10,16,18H,11H2,1-2H3/t16-,18+/m1/s1. The van der Waals surface area contributed by atoms with E-state index in [0.29, 0.717) is 6.42 Å². The van der Waals surface area contributed by atoms with E-state index in [4.69, 9.17) is 4.74 Å². The third kappa shape index (κ3) is 3.17. The summed E-state index contributed by atoms with van der Waals surface area (Å²) in [4.78, 5) is 25.2. The number of ketones is 1. The van der Waals surface area contributed by atoms with Gasteiger partial charge in [0.2, 0.25) is 0 Å². The molecule has 1 aliphatic heterocycles. The summed E-state index contributed by atoms with van der Waals surface area (Å²) in [7, 11) is 1.39. The number of carbonyl (C=O) groups excluding carboxylic acids is 2. The Morgan fingerprint density at radius 1 is 1.17 bits per heavy atom. The lowest BCUT2D eigenvalue weighted by Gasteiger charge is -2.17. The number of hydrogen-bond acceptors (Lipinski definition) is 4. The molecule has 0 bridgehead atoms. The van der Waals surface area contributed by atoms with Crippen LogP contribution in [0.2, 0.25) is 0 Å². The fraction of sp³-hybridized carbons (Fsp3) is 0.263. The van der Waals surface area contributed by atoms with Gasteiger partial charge in [-0.2, -0.15) is 0 Å². The van der Waals surface area contributed by atoms with Crippen LogP contribution in [0.5, 0.6) is 0 Å². The molecular weight excluding hydrogens is 308 g/mol. The van der Waals surface area contributed by atoms with Gasteiger partial charge in [-0.25, -0.2) is 0 Å². The van der Waals surface area contributed by atoms with Crippen molar-refractivity contribution in [2.45, 2.75) is 23.8 Å². The second-order valence-electron chi connectivity index (χ2n) is 5.67. The average molecular weight is 326 g/mol. The number of methoxy groups -OCH3 is 1. The molecule has 2 atom stereocenters. The molecule has 0 spiro atoms. The molecule has 1 heterocycles. The van der Waals surface area contributed by atoms with Crippen LogP contribution in [0.1, 0.15) is 32.3 Å². The molecule has 0 N–H and O–H groups in total. The first-order valence-electron chi connectivity index (χ1n) is 7.52. The Morgan fingerprint density at radius 3 is 2.61 bits per heavy atom. The van der Waals surface area contributed by atoms with Gasteiger partial charge in [-0.3, -0.25) is 9.59 Å². The SMILES string of the molecule is COC(=O)[C@H]1Cc2ccc(C)cc2C(=O)[C@H](c2ccccc2)S1. The van der Waals surface area contributed by atoms with E-state index >= 15 is 0 Å². The van der Waals surface area contributed by atoms with Crippen molar-refractivity contribution in [1.82, 2.24) is 0 Å². The molecule has 23 heavy (non-hydrogen) atoms. The van der Waals surface area contributed by atoms with Gasteiger partial charge in [0.15, 0.2) is 5.78 Å². The quantitative estimate of drug-likeness (QED) is 0.788. The Balaban J connectivity index is 2.09. The highest BCUT2D eigenvalue weighted by atomic mass is 32.2. The van der Waals surface area contributed by atoms with E-state index in [1.54, 1.807) is 0 Å². The third-order valence-corrected chi connectivity index (χ3v) is 5.49. The van der Waals surface area contributed by atoms with Crippen LogP contribution in [0.3, 0.4) is 0 Å². The van der Waals surface area contributed by atoms with Gasteiger partial charge in [-0.15, -0.1) is 11.8 Å². The number of rotatable bonds is 2. The maximum atomic E-state index is 13.1. The number of thioether (sulfide) groups is 1. The predicted molar refractivity (Wildman–Crippen MR) is 91.8 cm³/mol. The molecule has 0 aliphatic carbocycles. The van der Waals surface area contributed by atoms with E-state index in [0.717, 1.165) is 22.3 Å². The van der Waals surface area contributed by atoms with Crippen LogP contribution in [0.15, 0.2) is 48.5 Å². The van der Waals surface area contributed by atoms with Crippen LogP contribution in [-0.4, -0.2) is 24.1 Å². The van der Waals surface area contributed by atoms with E-state index in [9.17, 15) is 9.59 Å². The summed E-state index contributed by atoms with van der Waals surface area (Å²) in [5.41, 5.74) is 3.61. The van der Waals surface area contributed by atoms with E-state index in [1.165, 1.54) is 18.9 Å². The molecule has 0 radical (unpaired) electrons. The number of Topliss-reactive ketones (excluding diaryl/α,β-unsaturated/α-hetero) is 1. The topological polar surface area (TPSA) is 43.4 Å². The summed E-state index contributed by atoms with van der Waals surface area (Å²) in [5.74, 6) is -0.219. The number of benzene rings is 2. The normalized spacial score (nSPS) is 20.5. The molecule has 0 amide bonds. The van der Waals surface area contributed by atoms with Gasteiger partial charge < -0.3 is 4.74 Å². The minimum Gasteiger partial charge on any atom is -0.468 e. The summed E-state index contributed by atoms with van der Waals surface area (Å²) in [6.45, 7) is 1.97. The van der Waals surface area contributed by atoms with Crippen LogP contribution in [-0.2, 0) is 16.0 Å². The molecule has 4 heteroatoms.